The average Bonchev–Trinajstić information content (AvgIpc) is 2.78. The Kier molecular flexibility index (Phi) is 3.48. The van der Waals surface area contributed by atoms with Crippen LogP contribution in [0, 0.1) is 0 Å². The molecule has 0 spiro atoms. The van der Waals surface area contributed by atoms with Crippen LogP contribution >= 0.6 is 23.2 Å². The van der Waals surface area contributed by atoms with Crippen molar-refractivity contribution in [1.29, 1.82) is 0 Å². The molecule has 0 bridgehead atoms. The van der Waals surface area contributed by atoms with Crippen LogP contribution < -0.4 is 16.8 Å². The average molecular weight is 323 g/mol. The number of nitrogens with two attached hydrogens (primary N) is 2. The van der Waals surface area contributed by atoms with Crippen molar-refractivity contribution in [2.24, 2.45) is 0 Å². The van der Waals surface area contributed by atoms with E-state index in [4.69, 9.17) is 34.7 Å². The quantitative estimate of drug-likeness (QED) is 0.593. The number of rotatable bonds is 3. The number of H-pyrrole nitrogens is 1. The maximum absolute atomic E-state index is 5.96. The zero-order chi connectivity index (χ0) is 15.0. The second-order valence-corrected chi connectivity index (χ2v) is 5.39. The van der Waals surface area contributed by atoms with Crippen molar-refractivity contribution in [3.05, 3.63) is 40.0 Å². The molecule has 0 saturated carbocycles. The van der Waals surface area contributed by atoms with E-state index >= 15 is 0 Å². The number of fused-ring (bicyclic) bond motifs is 1. The van der Waals surface area contributed by atoms with Crippen LogP contribution in [0.4, 0.5) is 17.5 Å². The number of nitrogens with zero attached hydrogens (tertiary/aromatic N) is 2. The summed E-state index contributed by atoms with van der Waals surface area (Å²) in [6, 6.07) is 5.26. The van der Waals surface area contributed by atoms with Crippen LogP contribution in [0.1, 0.15) is 5.56 Å². The Hall–Kier alpha value is -2.18. The van der Waals surface area contributed by atoms with Gasteiger partial charge in [-0.05, 0) is 18.2 Å². The van der Waals surface area contributed by atoms with Gasteiger partial charge in [0.25, 0.3) is 0 Å². The van der Waals surface area contributed by atoms with E-state index in [0.717, 1.165) is 16.6 Å². The number of hydrogen-bond donors (Lipinski definition) is 4. The maximum atomic E-state index is 5.96. The summed E-state index contributed by atoms with van der Waals surface area (Å²) in [6.45, 7) is 0.522. The predicted octanol–water partition coefficient (Wildman–Crippen LogP) is 3.04. The highest BCUT2D eigenvalue weighted by molar-refractivity contribution is 6.35. The van der Waals surface area contributed by atoms with E-state index in [9.17, 15) is 0 Å². The van der Waals surface area contributed by atoms with Gasteiger partial charge in [-0.2, -0.15) is 9.97 Å². The Labute approximate surface area is 130 Å². The summed E-state index contributed by atoms with van der Waals surface area (Å²) in [5.74, 6) is 0.489. The van der Waals surface area contributed by atoms with Gasteiger partial charge in [-0.25, -0.2) is 0 Å². The molecule has 3 aromatic rings. The zero-order valence-electron chi connectivity index (χ0n) is 10.8. The third-order valence-electron chi connectivity index (χ3n) is 3.00. The molecule has 0 aliphatic heterocycles. The monoisotopic (exact) mass is 322 g/mol. The molecule has 0 aliphatic rings. The smallest absolute Gasteiger partial charge is 0.223 e. The molecule has 0 aliphatic carbocycles. The first kappa shape index (κ1) is 13.8. The van der Waals surface area contributed by atoms with Crippen LogP contribution in [0.15, 0.2) is 24.4 Å². The van der Waals surface area contributed by atoms with Gasteiger partial charge in [-0.1, -0.05) is 23.2 Å². The van der Waals surface area contributed by atoms with Crippen LogP contribution in [-0.4, -0.2) is 15.0 Å². The first-order valence-electron chi connectivity index (χ1n) is 6.12. The summed E-state index contributed by atoms with van der Waals surface area (Å²) in [4.78, 5) is 11.1. The molecular weight excluding hydrogens is 311 g/mol. The summed E-state index contributed by atoms with van der Waals surface area (Å²) in [5.41, 5.74) is 13.8. The van der Waals surface area contributed by atoms with Gasteiger partial charge in [-0.3, -0.25) is 0 Å². The summed E-state index contributed by atoms with van der Waals surface area (Å²) < 4.78 is 0. The van der Waals surface area contributed by atoms with Gasteiger partial charge in [0, 0.05) is 34.0 Å². The molecule has 6 N–H and O–H groups in total. The minimum Gasteiger partial charge on any atom is -0.383 e. The van der Waals surface area contributed by atoms with Crippen LogP contribution in [0.25, 0.3) is 11.0 Å². The molecule has 2 aromatic heterocycles. The van der Waals surface area contributed by atoms with E-state index in [1.54, 1.807) is 18.2 Å². The van der Waals surface area contributed by atoms with Crippen LogP contribution in [0.5, 0.6) is 0 Å². The van der Waals surface area contributed by atoms with E-state index in [1.807, 2.05) is 6.20 Å². The highest BCUT2D eigenvalue weighted by Gasteiger charge is 2.10. The van der Waals surface area contributed by atoms with Crippen molar-refractivity contribution < 1.29 is 0 Å². The Morgan fingerprint density at radius 3 is 2.52 bits per heavy atom. The Balaban J connectivity index is 1.88. The van der Waals surface area contributed by atoms with Gasteiger partial charge in [0.05, 0.1) is 5.39 Å². The van der Waals surface area contributed by atoms with Crippen molar-refractivity contribution in [2.75, 3.05) is 16.8 Å². The number of benzene rings is 1. The predicted molar refractivity (Wildman–Crippen MR) is 86.5 cm³/mol. The largest absolute Gasteiger partial charge is 0.383 e. The molecular formula is C13H12Cl2N6. The van der Waals surface area contributed by atoms with Crippen molar-refractivity contribution in [3.63, 3.8) is 0 Å². The molecule has 0 unspecified atom stereocenters. The lowest BCUT2D eigenvalue weighted by Gasteiger charge is -2.07. The van der Waals surface area contributed by atoms with Gasteiger partial charge < -0.3 is 21.8 Å². The molecule has 2 heterocycles. The Morgan fingerprint density at radius 1 is 1.10 bits per heavy atom. The summed E-state index contributed by atoms with van der Waals surface area (Å²) in [6.07, 6.45) is 1.81. The normalized spacial score (nSPS) is 11.0. The lowest BCUT2D eigenvalue weighted by Crippen LogP contribution is -2.03. The lowest BCUT2D eigenvalue weighted by molar-refractivity contribution is 1.16. The van der Waals surface area contributed by atoms with Crippen LogP contribution in [0.3, 0.4) is 0 Å². The van der Waals surface area contributed by atoms with E-state index < -0.39 is 0 Å². The first-order valence-corrected chi connectivity index (χ1v) is 6.87. The lowest BCUT2D eigenvalue weighted by atomic mass is 10.2. The second-order valence-electron chi connectivity index (χ2n) is 4.52. The Morgan fingerprint density at radius 2 is 1.81 bits per heavy atom. The standard InChI is InChI=1S/C13H12Cl2N6/c14-7-1-8(15)3-9(2-7)18-4-6-5-19-12-10(6)11(16)20-13(17)21-12/h1-3,5,18H,4H2,(H5,16,17,19,20,21). The second kappa shape index (κ2) is 5.31. The summed E-state index contributed by atoms with van der Waals surface area (Å²) in [7, 11) is 0. The van der Waals surface area contributed by atoms with E-state index in [0.29, 0.717) is 28.1 Å². The third kappa shape index (κ3) is 2.81. The topological polar surface area (TPSA) is 106 Å². The molecule has 3 rings (SSSR count). The van der Waals surface area contributed by atoms with E-state index in [1.165, 1.54) is 0 Å². The first-order chi connectivity index (χ1) is 10.0. The number of halogens is 2. The minimum absolute atomic E-state index is 0.142. The molecule has 0 amide bonds. The number of nitrogens with one attached hydrogen (secondary N) is 2. The molecule has 21 heavy (non-hydrogen) atoms. The fourth-order valence-electron chi connectivity index (χ4n) is 2.14. The Bertz CT molecular complexity index is 794. The van der Waals surface area contributed by atoms with E-state index in [-0.39, 0.29) is 5.95 Å². The molecule has 1 aromatic carbocycles. The highest BCUT2D eigenvalue weighted by Crippen LogP contribution is 2.26. The van der Waals surface area contributed by atoms with Crippen LogP contribution in [0.2, 0.25) is 10.0 Å². The van der Waals surface area contributed by atoms with Gasteiger partial charge in [0.15, 0.2) is 0 Å². The van der Waals surface area contributed by atoms with Gasteiger partial charge in [-0.15, -0.1) is 0 Å². The van der Waals surface area contributed by atoms with Crippen molar-refractivity contribution in [1.82, 2.24) is 15.0 Å². The van der Waals surface area contributed by atoms with Crippen molar-refractivity contribution >= 4 is 51.7 Å². The number of anilines is 3. The van der Waals surface area contributed by atoms with Gasteiger partial charge in [0.2, 0.25) is 5.95 Å². The van der Waals surface area contributed by atoms with Gasteiger partial charge >= 0.3 is 0 Å². The number of aromatic amines is 1. The molecule has 0 saturated heterocycles. The molecule has 108 valence electrons. The molecule has 0 atom stereocenters. The third-order valence-corrected chi connectivity index (χ3v) is 3.44. The number of aromatic nitrogens is 3. The SMILES string of the molecule is Nc1nc(N)c2c(CNc3cc(Cl)cc(Cl)c3)c[nH]c2n1. The highest BCUT2D eigenvalue weighted by atomic mass is 35.5. The number of nitrogen functional groups attached to an aromatic ring is 2. The molecule has 0 fully saturated rings. The van der Waals surface area contributed by atoms with E-state index in [2.05, 4.69) is 20.3 Å². The molecule has 0 radical (unpaired) electrons. The summed E-state index contributed by atoms with van der Waals surface area (Å²) >= 11 is 11.9. The minimum atomic E-state index is 0.142. The molecule has 6 nitrogen and oxygen atoms in total. The van der Waals surface area contributed by atoms with Crippen LogP contribution in [-0.2, 0) is 6.54 Å². The number of hydrogen-bond acceptors (Lipinski definition) is 5. The fraction of sp³-hybridized carbons (Fsp3) is 0.0769. The maximum Gasteiger partial charge on any atom is 0.223 e. The molecule has 8 heteroatoms. The van der Waals surface area contributed by atoms with Crippen molar-refractivity contribution in [2.45, 2.75) is 6.54 Å². The summed E-state index contributed by atoms with van der Waals surface area (Å²) in [5, 5.41) is 5.12. The zero-order valence-corrected chi connectivity index (χ0v) is 12.3. The van der Waals surface area contributed by atoms with Crippen molar-refractivity contribution in [3.8, 4) is 0 Å². The fourth-order valence-corrected chi connectivity index (χ4v) is 2.66. The van der Waals surface area contributed by atoms with Gasteiger partial charge in [0.1, 0.15) is 11.5 Å².